The molecule has 352 valence electrons. The molecule has 4 aliphatic carbocycles. The number of para-hydroxylation sites is 3. The van der Waals surface area contributed by atoms with E-state index in [1.807, 2.05) is 0 Å². The van der Waals surface area contributed by atoms with E-state index in [-0.39, 0.29) is 11.3 Å². The van der Waals surface area contributed by atoms with Crippen LogP contribution in [0.25, 0.3) is 95.2 Å². The van der Waals surface area contributed by atoms with Crippen LogP contribution >= 0.6 is 0 Å². The number of aromatic nitrogens is 5. The second-order valence-corrected chi connectivity index (χ2v) is 21.8. The Kier molecular flexibility index (Phi) is 9.73. The molecule has 6 atom stereocenters. The van der Waals surface area contributed by atoms with Gasteiger partial charge in [-0.1, -0.05) is 171 Å². The molecule has 0 amide bonds. The van der Waals surface area contributed by atoms with Crippen molar-refractivity contribution in [1.82, 2.24) is 24.1 Å². The standard InChI is InChI=1S/C68H55N5/c1-43-35-50-40-68(41-51(36-43)58(50)42-68)67-70-65(46-21-9-4-10-22-46)69-66(71-67)57-39-49(52-23-11-14-26-59(52)72-60-27-15-12-24-53(60)54-25-13-16-28-61(54)72)31-34-64(57)73-62-32-29-47(44-17-5-2-6-18-44)37-55(62)56-38-48(30-33-63(56)73)45-19-7-3-8-20-45/h2-34,37,39,43,48,50-51,58H,35-36,38,40-42H2,1H3/t43-,48?,50-,51+,58-,68?. The van der Waals surface area contributed by atoms with Crippen LogP contribution in [0.5, 0.6) is 0 Å². The van der Waals surface area contributed by atoms with E-state index in [2.05, 4.69) is 228 Å². The van der Waals surface area contributed by atoms with Crippen molar-refractivity contribution >= 4 is 38.8 Å². The number of allylic oxidation sites excluding steroid dienone is 1. The van der Waals surface area contributed by atoms with Gasteiger partial charge in [0.1, 0.15) is 5.82 Å². The van der Waals surface area contributed by atoms with Gasteiger partial charge in [-0.2, -0.15) is 0 Å². The highest BCUT2D eigenvalue weighted by Crippen LogP contribution is 2.65. The summed E-state index contributed by atoms with van der Waals surface area (Å²) in [6.07, 6.45) is 11.9. The lowest BCUT2D eigenvalue weighted by Crippen LogP contribution is -2.34. The van der Waals surface area contributed by atoms with E-state index in [1.165, 1.54) is 92.8 Å². The summed E-state index contributed by atoms with van der Waals surface area (Å²) in [6, 6.07) is 73.1. The van der Waals surface area contributed by atoms with Crippen molar-refractivity contribution in [2.75, 3.05) is 0 Å². The molecule has 5 heteroatoms. The Bertz CT molecular complexity index is 3910. The first-order chi connectivity index (χ1) is 36.0. The molecule has 0 saturated heterocycles. The van der Waals surface area contributed by atoms with E-state index < -0.39 is 0 Å². The number of hydrogen-bond acceptors (Lipinski definition) is 3. The maximum Gasteiger partial charge on any atom is 0.165 e. The second-order valence-electron chi connectivity index (χ2n) is 21.8. The summed E-state index contributed by atoms with van der Waals surface area (Å²) in [5, 5.41) is 3.77. The molecule has 0 N–H and O–H groups in total. The van der Waals surface area contributed by atoms with Crippen LogP contribution in [0.2, 0.25) is 0 Å². The maximum atomic E-state index is 5.83. The van der Waals surface area contributed by atoms with Crippen LogP contribution in [-0.4, -0.2) is 24.1 Å². The molecule has 73 heavy (non-hydrogen) atoms. The fourth-order valence-electron chi connectivity index (χ4n) is 14.5. The summed E-state index contributed by atoms with van der Waals surface area (Å²) in [5.41, 5.74) is 16.3. The van der Waals surface area contributed by atoms with Gasteiger partial charge in [0, 0.05) is 49.9 Å². The predicted octanol–water partition coefficient (Wildman–Crippen LogP) is 16.6. The average Bonchev–Trinajstić information content (AvgIpc) is 4.22. The van der Waals surface area contributed by atoms with Gasteiger partial charge in [0.05, 0.1) is 27.9 Å². The van der Waals surface area contributed by atoms with Crippen LogP contribution in [0.1, 0.15) is 67.6 Å². The number of nitrogens with zero attached hydrogens (tertiary/aromatic N) is 5. The molecule has 4 aliphatic rings. The molecule has 3 aromatic heterocycles. The molecule has 0 aliphatic heterocycles. The zero-order chi connectivity index (χ0) is 48.2. The zero-order valence-corrected chi connectivity index (χ0v) is 41.1. The van der Waals surface area contributed by atoms with Crippen LogP contribution in [0, 0.1) is 23.7 Å². The van der Waals surface area contributed by atoms with E-state index in [0.717, 1.165) is 81.2 Å². The highest BCUT2D eigenvalue weighted by Gasteiger charge is 2.59. The Balaban J connectivity index is 0.992. The average molecular weight is 942 g/mol. The van der Waals surface area contributed by atoms with E-state index in [9.17, 15) is 0 Å². The Morgan fingerprint density at radius 3 is 1.81 bits per heavy atom. The minimum absolute atomic E-state index is 0.0510. The predicted molar refractivity (Wildman–Crippen MR) is 299 cm³/mol. The number of benzene rings is 8. The van der Waals surface area contributed by atoms with Gasteiger partial charge in [-0.05, 0) is 139 Å². The Hall–Kier alpha value is -8.15. The first kappa shape index (κ1) is 42.5. The van der Waals surface area contributed by atoms with Gasteiger partial charge in [-0.15, -0.1) is 0 Å². The lowest BCUT2D eigenvalue weighted by atomic mass is 9.65. The normalized spacial score (nSPS) is 21.8. The van der Waals surface area contributed by atoms with E-state index in [1.54, 1.807) is 0 Å². The minimum Gasteiger partial charge on any atom is -0.309 e. The summed E-state index contributed by atoms with van der Waals surface area (Å²) in [7, 11) is 0. The third-order valence-corrected chi connectivity index (χ3v) is 17.6. The van der Waals surface area contributed by atoms with Crippen LogP contribution < -0.4 is 0 Å². The third kappa shape index (κ3) is 6.85. The highest BCUT2D eigenvalue weighted by atomic mass is 15.1. The molecule has 0 spiro atoms. The fraction of sp³-hybridized carbons (Fsp3) is 0.191. The topological polar surface area (TPSA) is 48.5 Å². The molecule has 8 aromatic carbocycles. The van der Waals surface area contributed by atoms with Crippen molar-refractivity contribution in [3.8, 4) is 56.4 Å². The SMILES string of the molecule is C[C@@H]1C[C@@H]2CC3(c4nc(-c5ccccc5)nc(-c5cc(-c6ccccc6-n6c7ccccc7c7ccccc76)ccc5-n5c6c(c7cc(-c8ccccc8)ccc75)CC(c5ccccc5)C=C6)n4)C[C@H](C1)[C@@H]2C3. The summed E-state index contributed by atoms with van der Waals surface area (Å²) >= 11 is 0. The lowest BCUT2D eigenvalue weighted by Gasteiger charge is -2.40. The van der Waals surface area contributed by atoms with Crippen molar-refractivity contribution < 1.29 is 0 Å². The third-order valence-electron chi connectivity index (χ3n) is 17.6. The van der Waals surface area contributed by atoms with Gasteiger partial charge in [-0.25, -0.2) is 15.0 Å². The second kappa shape index (κ2) is 16.7. The van der Waals surface area contributed by atoms with Crippen LogP contribution in [-0.2, 0) is 11.8 Å². The Labute approximate surface area is 426 Å². The van der Waals surface area contributed by atoms with Gasteiger partial charge < -0.3 is 9.13 Å². The minimum atomic E-state index is -0.0510. The molecular weight excluding hydrogens is 887 g/mol. The molecule has 11 aromatic rings. The van der Waals surface area contributed by atoms with Crippen molar-refractivity contribution in [1.29, 1.82) is 0 Å². The number of fused-ring (bicyclic) bond motifs is 7. The van der Waals surface area contributed by atoms with Crippen molar-refractivity contribution in [2.24, 2.45) is 23.7 Å². The summed E-state index contributed by atoms with van der Waals surface area (Å²) in [5.74, 6) is 5.76. The van der Waals surface area contributed by atoms with E-state index in [4.69, 9.17) is 15.0 Å². The molecule has 5 nitrogen and oxygen atoms in total. The fourth-order valence-corrected chi connectivity index (χ4v) is 14.5. The molecule has 15 rings (SSSR count). The summed E-state index contributed by atoms with van der Waals surface area (Å²) < 4.78 is 4.97. The van der Waals surface area contributed by atoms with Crippen molar-refractivity contribution in [2.45, 2.75) is 56.8 Å². The molecule has 3 fully saturated rings. The van der Waals surface area contributed by atoms with E-state index >= 15 is 0 Å². The Morgan fingerprint density at radius 2 is 1.07 bits per heavy atom. The van der Waals surface area contributed by atoms with Gasteiger partial charge >= 0.3 is 0 Å². The zero-order valence-electron chi connectivity index (χ0n) is 41.1. The molecule has 3 heterocycles. The molecule has 2 unspecified atom stereocenters. The maximum absolute atomic E-state index is 5.83. The van der Waals surface area contributed by atoms with Crippen LogP contribution in [0.4, 0.5) is 0 Å². The Morgan fingerprint density at radius 1 is 0.466 bits per heavy atom. The molecule has 2 bridgehead atoms. The van der Waals surface area contributed by atoms with Crippen LogP contribution in [0.15, 0.2) is 206 Å². The van der Waals surface area contributed by atoms with E-state index in [0.29, 0.717) is 0 Å². The lowest BCUT2D eigenvalue weighted by molar-refractivity contribution is 0.113. The van der Waals surface area contributed by atoms with Gasteiger partial charge in [0.2, 0.25) is 0 Å². The quantitative estimate of drug-likeness (QED) is 0.152. The largest absolute Gasteiger partial charge is 0.309 e. The van der Waals surface area contributed by atoms with Crippen molar-refractivity contribution in [3.05, 3.63) is 229 Å². The number of hydrogen-bond donors (Lipinski definition) is 0. The van der Waals surface area contributed by atoms with Crippen LogP contribution in [0.3, 0.4) is 0 Å². The molecule has 0 radical (unpaired) electrons. The first-order valence-electron chi connectivity index (χ1n) is 26.5. The smallest absolute Gasteiger partial charge is 0.165 e. The molecule has 3 saturated carbocycles. The summed E-state index contributed by atoms with van der Waals surface area (Å²) in [6.45, 7) is 2.47. The first-order valence-corrected chi connectivity index (χ1v) is 26.5. The van der Waals surface area contributed by atoms with Gasteiger partial charge in [0.25, 0.3) is 0 Å². The number of rotatable bonds is 8. The van der Waals surface area contributed by atoms with Gasteiger partial charge in [-0.3, -0.25) is 0 Å². The molecular formula is C68H55N5. The summed E-state index contributed by atoms with van der Waals surface area (Å²) in [4.78, 5) is 17.0. The monoisotopic (exact) mass is 941 g/mol. The van der Waals surface area contributed by atoms with Crippen molar-refractivity contribution in [3.63, 3.8) is 0 Å². The van der Waals surface area contributed by atoms with Gasteiger partial charge in [0.15, 0.2) is 11.6 Å². The highest BCUT2D eigenvalue weighted by molar-refractivity contribution is 6.10.